The summed E-state index contributed by atoms with van der Waals surface area (Å²) in [5.41, 5.74) is 7.36. The number of hydrogen-bond acceptors (Lipinski definition) is 3. The van der Waals surface area contributed by atoms with E-state index in [0.29, 0.717) is 17.9 Å². The molecule has 0 bridgehead atoms. The van der Waals surface area contributed by atoms with E-state index >= 15 is 0 Å². The van der Waals surface area contributed by atoms with Crippen LogP contribution in [-0.4, -0.2) is 12.7 Å². The molecule has 2 atom stereocenters. The van der Waals surface area contributed by atoms with Crippen molar-refractivity contribution in [1.82, 2.24) is 0 Å². The molecule has 0 radical (unpaired) electrons. The minimum absolute atomic E-state index is 0.0291. The molecule has 0 amide bonds. The molecule has 21 heavy (non-hydrogen) atoms. The topological polar surface area (TPSA) is 44.5 Å². The van der Waals surface area contributed by atoms with E-state index < -0.39 is 0 Å². The Balaban J connectivity index is 1.61. The van der Waals surface area contributed by atoms with E-state index in [0.717, 1.165) is 12.2 Å². The molecule has 0 saturated heterocycles. The van der Waals surface area contributed by atoms with E-state index in [1.54, 1.807) is 19.1 Å². The second-order valence-electron chi connectivity index (χ2n) is 5.33. The monoisotopic (exact) mass is 287 g/mol. The van der Waals surface area contributed by atoms with Crippen LogP contribution < -0.4 is 15.2 Å². The van der Waals surface area contributed by atoms with Gasteiger partial charge >= 0.3 is 0 Å². The minimum Gasteiger partial charge on any atom is -0.490 e. The van der Waals surface area contributed by atoms with Gasteiger partial charge in [0.05, 0.1) is 0 Å². The van der Waals surface area contributed by atoms with E-state index in [4.69, 9.17) is 15.2 Å². The van der Waals surface area contributed by atoms with Gasteiger partial charge in [-0.2, -0.15) is 0 Å². The van der Waals surface area contributed by atoms with Crippen molar-refractivity contribution in [1.29, 1.82) is 0 Å². The molecule has 0 saturated carbocycles. The molecule has 1 aliphatic heterocycles. The van der Waals surface area contributed by atoms with Gasteiger partial charge in [0.1, 0.15) is 30.0 Å². The van der Waals surface area contributed by atoms with Crippen LogP contribution in [0.2, 0.25) is 0 Å². The highest BCUT2D eigenvalue weighted by molar-refractivity contribution is 5.37. The first-order valence-electron chi connectivity index (χ1n) is 7.06. The summed E-state index contributed by atoms with van der Waals surface area (Å²) < 4.78 is 25.2. The van der Waals surface area contributed by atoms with Crippen LogP contribution >= 0.6 is 0 Å². The molecule has 3 nitrogen and oxygen atoms in total. The van der Waals surface area contributed by atoms with E-state index in [2.05, 4.69) is 0 Å². The van der Waals surface area contributed by atoms with E-state index in [-0.39, 0.29) is 18.0 Å². The zero-order valence-electron chi connectivity index (χ0n) is 11.9. The normalized spacial score (nSPS) is 18.0. The van der Waals surface area contributed by atoms with Crippen LogP contribution in [0.3, 0.4) is 0 Å². The fourth-order valence-corrected chi connectivity index (χ4v) is 2.50. The average Bonchev–Trinajstić information content (AvgIpc) is 2.87. The zero-order chi connectivity index (χ0) is 14.8. The molecule has 0 spiro atoms. The maximum absolute atomic E-state index is 13.8. The lowest BCUT2D eigenvalue weighted by Crippen LogP contribution is -2.22. The quantitative estimate of drug-likeness (QED) is 0.939. The molecular weight excluding hydrogens is 269 g/mol. The Morgan fingerprint density at radius 3 is 2.86 bits per heavy atom. The third-order valence-electron chi connectivity index (χ3n) is 3.61. The number of nitrogens with two attached hydrogens (primary N) is 1. The lowest BCUT2D eigenvalue weighted by molar-refractivity contribution is 0.148. The van der Waals surface area contributed by atoms with Gasteiger partial charge in [0.2, 0.25) is 0 Å². The fraction of sp³-hybridized carbons (Fsp3) is 0.294. The van der Waals surface area contributed by atoms with Gasteiger partial charge in [-0.05, 0) is 24.6 Å². The number of rotatable bonds is 4. The van der Waals surface area contributed by atoms with E-state index in [9.17, 15) is 4.39 Å². The molecule has 110 valence electrons. The van der Waals surface area contributed by atoms with Gasteiger partial charge in [-0.1, -0.05) is 24.3 Å². The molecule has 0 aromatic heterocycles. The van der Waals surface area contributed by atoms with Crippen molar-refractivity contribution in [3.05, 3.63) is 59.4 Å². The summed E-state index contributed by atoms with van der Waals surface area (Å²) >= 11 is 0. The van der Waals surface area contributed by atoms with Gasteiger partial charge in [0, 0.05) is 24.1 Å². The summed E-state index contributed by atoms with van der Waals surface area (Å²) in [6, 6.07) is 12.4. The number of hydrogen-bond donors (Lipinski definition) is 1. The van der Waals surface area contributed by atoms with Gasteiger partial charge in [0.25, 0.3) is 0 Å². The largest absolute Gasteiger partial charge is 0.490 e. The molecule has 1 aliphatic rings. The van der Waals surface area contributed by atoms with Crippen LogP contribution in [-0.2, 0) is 6.42 Å². The minimum atomic E-state index is -0.335. The second kappa shape index (κ2) is 5.74. The maximum atomic E-state index is 13.8. The highest BCUT2D eigenvalue weighted by Gasteiger charge is 2.22. The molecule has 2 N–H and O–H groups in total. The number of ether oxygens (including phenoxy) is 2. The van der Waals surface area contributed by atoms with Crippen molar-refractivity contribution in [2.45, 2.75) is 25.5 Å². The Morgan fingerprint density at radius 1 is 1.33 bits per heavy atom. The van der Waals surface area contributed by atoms with Gasteiger partial charge in [-0.3, -0.25) is 0 Å². The van der Waals surface area contributed by atoms with Crippen molar-refractivity contribution in [3.8, 4) is 11.5 Å². The number of benzene rings is 2. The standard InChI is InChI=1S/C17H18FNO2/c1-11(19)15-7-6-13(9-16(15)18)20-10-14-8-12-4-2-3-5-17(12)21-14/h2-7,9,11,14H,8,10,19H2,1H3/t11-,14?/m0/s1. The van der Waals surface area contributed by atoms with Gasteiger partial charge in [0.15, 0.2) is 0 Å². The second-order valence-corrected chi connectivity index (χ2v) is 5.33. The highest BCUT2D eigenvalue weighted by atomic mass is 19.1. The predicted octanol–water partition coefficient (Wildman–Crippen LogP) is 3.23. The van der Waals surface area contributed by atoms with E-state index in [1.807, 2.05) is 24.3 Å². The molecule has 0 fully saturated rings. The summed E-state index contributed by atoms with van der Waals surface area (Å²) in [4.78, 5) is 0. The highest BCUT2D eigenvalue weighted by Crippen LogP contribution is 2.28. The van der Waals surface area contributed by atoms with Crippen molar-refractivity contribution in [2.24, 2.45) is 5.73 Å². The van der Waals surface area contributed by atoms with Crippen LogP contribution in [0.1, 0.15) is 24.1 Å². The van der Waals surface area contributed by atoms with Crippen LogP contribution in [0.15, 0.2) is 42.5 Å². The molecule has 2 aromatic rings. The van der Waals surface area contributed by atoms with Crippen molar-refractivity contribution in [2.75, 3.05) is 6.61 Å². The Labute approximate surface area is 123 Å². The fourth-order valence-electron chi connectivity index (χ4n) is 2.50. The SMILES string of the molecule is C[C@H](N)c1ccc(OCC2Cc3ccccc3O2)cc1F. The summed E-state index contributed by atoms with van der Waals surface area (Å²) in [5, 5.41) is 0. The molecular formula is C17H18FNO2. The lowest BCUT2D eigenvalue weighted by atomic mass is 10.1. The first-order valence-corrected chi connectivity index (χ1v) is 7.06. The number of halogens is 1. The zero-order valence-corrected chi connectivity index (χ0v) is 11.9. The summed E-state index contributed by atoms with van der Waals surface area (Å²) in [5.74, 6) is 1.07. The maximum Gasteiger partial charge on any atom is 0.137 e. The summed E-state index contributed by atoms with van der Waals surface area (Å²) in [6.45, 7) is 2.15. The number of para-hydroxylation sites is 1. The first-order chi connectivity index (χ1) is 10.1. The Bertz CT molecular complexity index is 617. The van der Waals surface area contributed by atoms with Crippen LogP contribution in [0, 0.1) is 5.82 Å². The van der Waals surface area contributed by atoms with Crippen LogP contribution in [0.5, 0.6) is 11.5 Å². The average molecular weight is 287 g/mol. The Morgan fingerprint density at radius 2 is 2.14 bits per heavy atom. The lowest BCUT2D eigenvalue weighted by Gasteiger charge is -2.14. The summed E-state index contributed by atoms with van der Waals surface area (Å²) in [7, 11) is 0. The molecule has 1 unspecified atom stereocenters. The number of fused-ring (bicyclic) bond motifs is 1. The van der Waals surface area contributed by atoms with Crippen molar-refractivity contribution < 1.29 is 13.9 Å². The predicted molar refractivity (Wildman–Crippen MR) is 79.1 cm³/mol. The molecule has 3 rings (SSSR count). The Hall–Kier alpha value is -2.07. The molecule has 2 aromatic carbocycles. The van der Waals surface area contributed by atoms with Crippen LogP contribution in [0.4, 0.5) is 4.39 Å². The molecule has 1 heterocycles. The van der Waals surface area contributed by atoms with Crippen molar-refractivity contribution >= 4 is 0 Å². The molecule has 0 aliphatic carbocycles. The van der Waals surface area contributed by atoms with Gasteiger partial charge < -0.3 is 15.2 Å². The van der Waals surface area contributed by atoms with E-state index in [1.165, 1.54) is 11.6 Å². The third-order valence-corrected chi connectivity index (χ3v) is 3.61. The Kier molecular flexibility index (Phi) is 3.80. The van der Waals surface area contributed by atoms with Crippen molar-refractivity contribution in [3.63, 3.8) is 0 Å². The van der Waals surface area contributed by atoms with Gasteiger partial charge in [-0.15, -0.1) is 0 Å². The summed E-state index contributed by atoms with van der Waals surface area (Å²) in [6.07, 6.45) is 0.787. The third kappa shape index (κ3) is 3.00. The molecule has 4 heteroatoms. The smallest absolute Gasteiger partial charge is 0.137 e. The first kappa shape index (κ1) is 13.9. The van der Waals surface area contributed by atoms with Crippen LogP contribution in [0.25, 0.3) is 0 Å². The van der Waals surface area contributed by atoms with Gasteiger partial charge in [-0.25, -0.2) is 4.39 Å².